The fraction of sp³-hybridized carbons (Fsp3) is 0.211. The van der Waals surface area contributed by atoms with Crippen LogP contribution in [0.15, 0.2) is 243 Å². The Kier molecular flexibility index (Phi) is 26.7. The van der Waals surface area contributed by atoms with Gasteiger partial charge in [0.25, 0.3) is 0 Å². The van der Waals surface area contributed by atoms with Gasteiger partial charge in [-0.25, -0.2) is 0 Å². The molecule has 0 aliphatic rings. The molecule has 0 radical (unpaired) electrons. The predicted octanol–water partition coefficient (Wildman–Crippen LogP) is 19.5. The summed E-state index contributed by atoms with van der Waals surface area (Å²) in [5.41, 5.74) is -1.24. The lowest BCUT2D eigenvalue weighted by atomic mass is 9.73. The van der Waals surface area contributed by atoms with Crippen LogP contribution in [0.4, 0.5) is 26.3 Å². The normalized spacial score (nSPS) is 10.9. The second kappa shape index (κ2) is 34.7. The molecule has 0 bridgehead atoms. The van der Waals surface area contributed by atoms with Crippen molar-refractivity contribution in [2.75, 3.05) is 71.1 Å². The molecule has 0 aliphatic heterocycles. The first-order valence-electron chi connectivity index (χ1n) is 29.0. The Morgan fingerprint density at radius 3 is 0.638 bits per heavy atom. The van der Waals surface area contributed by atoms with Crippen LogP contribution in [0.5, 0.6) is 80.5 Å². The average Bonchev–Trinajstić information content (AvgIpc) is 0.719. The van der Waals surface area contributed by atoms with E-state index < -0.39 is 28.9 Å². The third-order valence-corrected chi connectivity index (χ3v) is 14.7. The average molecular weight is 1300 g/mol. The van der Waals surface area contributed by atoms with Crippen molar-refractivity contribution in [3.63, 3.8) is 0 Å². The smallest absolute Gasteiger partial charge is 0.411 e. The minimum Gasteiger partial charge on any atom is -0.497 e. The second-order valence-corrected chi connectivity index (χ2v) is 20.7. The fourth-order valence-electron chi connectivity index (χ4n) is 9.30. The van der Waals surface area contributed by atoms with E-state index in [0.717, 1.165) is 118 Å². The third-order valence-electron chi connectivity index (χ3n) is 14.7. The highest BCUT2D eigenvalue weighted by Gasteiger charge is 2.72. The minimum atomic E-state index is -5.62. The largest absolute Gasteiger partial charge is 0.497 e. The van der Waals surface area contributed by atoms with Gasteiger partial charge in [0.15, 0.2) is 0 Å². The molecular weight excluding hydrogens is 1220 g/mol. The molecule has 18 heteroatoms. The van der Waals surface area contributed by atoms with Crippen LogP contribution in [-0.2, 0) is 10.8 Å². The van der Waals surface area contributed by atoms with E-state index in [4.69, 9.17) is 56.8 Å². The Morgan fingerprint density at radius 2 is 0.404 bits per heavy atom. The number of rotatable bonds is 19. The summed E-state index contributed by atoms with van der Waals surface area (Å²) < 4.78 is 145. The Morgan fingerprint density at radius 1 is 0.213 bits per heavy atom. The molecule has 0 fully saturated rings. The maximum atomic E-state index is 13.8. The van der Waals surface area contributed by atoms with E-state index in [1.807, 2.05) is 170 Å². The summed E-state index contributed by atoms with van der Waals surface area (Å²) in [6.45, 7) is 4.44. The molecule has 0 atom stereocenters. The highest BCUT2D eigenvalue weighted by Crippen LogP contribution is 2.56. The minimum absolute atomic E-state index is 0.0431. The van der Waals surface area contributed by atoms with Crippen LogP contribution in [0.1, 0.15) is 36.1 Å². The van der Waals surface area contributed by atoms with Crippen LogP contribution in [0.25, 0.3) is 11.1 Å². The van der Waals surface area contributed by atoms with E-state index in [-0.39, 0.29) is 16.9 Å². The number of hydrogen-bond acceptors (Lipinski definition) is 12. The molecular formula is C76H76F6O12. The van der Waals surface area contributed by atoms with Crippen LogP contribution in [-0.4, -0.2) is 83.5 Å². The van der Waals surface area contributed by atoms with Crippen molar-refractivity contribution in [3.8, 4) is 91.6 Å². The van der Waals surface area contributed by atoms with Crippen molar-refractivity contribution >= 4 is 0 Å². The van der Waals surface area contributed by atoms with Crippen molar-refractivity contribution in [1.82, 2.24) is 0 Å². The van der Waals surface area contributed by atoms with E-state index in [1.54, 1.807) is 56.9 Å². The molecule has 0 unspecified atom stereocenters. The van der Waals surface area contributed by atoms with Crippen molar-refractivity contribution in [3.05, 3.63) is 265 Å². The monoisotopic (exact) mass is 1290 g/mol. The maximum Gasteiger partial charge on any atom is 0.411 e. The van der Waals surface area contributed by atoms with Gasteiger partial charge in [0.1, 0.15) is 80.5 Å². The van der Waals surface area contributed by atoms with Crippen LogP contribution >= 0.6 is 0 Å². The molecule has 10 rings (SSSR count). The SMILES string of the molecule is COc1ccc(-c2ccc(OC)cc2)cc1.COc1ccc(C(C)(C)c2ccc(OC)cc2)cc1.COc1ccc(C(c2ccc(OC)cc2)(C(F)(F)F)C(F)(F)F)cc1.COc1ccc(Oc2ccc(OC)cc2)cc1.COc1cccc(Oc2cccc(OC)c2)c1. The molecule has 10 aromatic rings. The van der Waals surface area contributed by atoms with Gasteiger partial charge in [-0.05, 0) is 179 Å². The van der Waals surface area contributed by atoms with Crippen LogP contribution < -0.4 is 56.8 Å². The van der Waals surface area contributed by atoms with E-state index in [9.17, 15) is 26.3 Å². The summed E-state index contributed by atoms with van der Waals surface area (Å²) >= 11 is 0. The molecule has 12 nitrogen and oxygen atoms in total. The highest BCUT2D eigenvalue weighted by atomic mass is 19.4. The zero-order chi connectivity index (χ0) is 68.3. The molecule has 0 spiro atoms. The number of halogens is 6. The number of hydrogen-bond donors (Lipinski definition) is 0. The van der Waals surface area contributed by atoms with E-state index in [2.05, 4.69) is 38.1 Å². The highest BCUT2D eigenvalue weighted by molar-refractivity contribution is 5.65. The van der Waals surface area contributed by atoms with Crippen LogP contribution in [0, 0.1) is 0 Å². The number of methoxy groups -OCH3 is 10. The van der Waals surface area contributed by atoms with Gasteiger partial charge in [0, 0.05) is 17.5 Å². The zero-order valence-electron chi connectivity index (χ0n) is 54.3. The fourth-order valence-corrected chi connectivity index (χ4v) is 9.30. The van der Waals surface area contributed by atoms with E-state index >= 15 is 0 Å². The lowest BCUT2D eigenvalue weighted by Gasteiger charge is -2.38. The Balaban J connectivity index is 0.000000188. The van der Waals surface area contributed by atoms with Crippen LogP contribution in [0.2, 0.25) is 0 Å². The van der Waals surface area contributed by atoms with Gasteiger partial charge < -0.3 is 56.8 Å². The molecule has 0 aromatic heterocycles. The maximum absolute atomic E-state index is 13.8. The lowest BCUT2D eigenvalue weighted by Crippen LogP contribution is -2.54. The first-order chi connectivity index (χ1) is 45.1. The van der Waals surface area contributed by atoms with Gasteiger partial charge >= 0.3 is 12.4 Å². The quantitative estimate of drug-likeness (QED) is 0.0719. The number of alkyl halides is 6. The first-order valence-corrected chi connectivity index (χ1v) is 29.0. The standard InChI is InChI=1S/C17H14F6O2.C17H20O2.2C14H14O3.C14H14O2/c1-24-13-7-3-11(4-8-13)15(16(18,19)20,17(21,22)23)12-5-9-14(25-2)10-6-12;1-17(2,13-5-9-15(18-3)10-6-13)14-7-11-16(19-4)12-8-14;1-15-11-3-7-13(8-4-11)17-14-9-5-12(16-2)6-10-14;1-15-11-5-3-7-13(9-11)17-14-8-4-6-12(10-14)16-2;1-15-13-7-3-11(4-8-13)12-5-9-14(16-2)10-6-12/h3-10H,1-2H3;5-12H,1-4H3;2*3-10H,1-2H3;3-10H,1-2H3. The molecule has 0 amide bonds. The molecule has 0 N–H and O–H groups in total. The zero-order valence-corrected chi connectivity index (χ0v) is 54.3. The van der Waals surface area contributed by atoms with E-state index in [1.165, 1.54) is 36.5 Å². The molecule has 0 aliphatic carbocycles. The van der Waals surface area contributed by atoms with Crippen molar-refractivity contribution in [2.45, 2.75) is 37.0 Å². The molecule has 94 heavy (non-hydrogen) atoms. The number of ether oxygens (including phenoxy) is 12. The summed E-state index contributed by atoms with van der Waals surface area (Å²) in [5, 5.41) is 0. The van der Waals surface area contributed by atoms with Gasteiger partial charge in [-0.2, -0.15) is 26.3 Å². The third kappa shape index (κ3) is 19.7. The lowest BCUT2D eigenvalue weighted by molar-refractivity contribution is -0.288. The summed E-state index contributed by atoms with van der Waals surface area (Å²) in [7, 11) is 15.8. The van der Waals surface area contributed by atoms with Crippen molar-refractivity contribution in [1.29, 1.82) is 0 Å². The van der Waals surface area contributed by atoms with Gasteiger partial charge in [-0.1, -0.05) is 98.8 Å². The van der Waals surface area contributed by atoms with E-state index in [0.29, 0.717) is 0 Å². The van der Waals surface area contributed by atoms with Gasteiger partial charge in [-0.3, -0.25) is 0 Å². The van der Waals surface area contributed by atoms with Gasteiger partial charge in [0.2, 0.25) is 5.41 Å². The summed E-state index contributed by atoms with van der Waals surface area (Å²) in [6, 6.07) is 69.6. The van der Waals surface area contributed by atoms with Gasteiger partial charge in [-0.15, -0.1) is 0 Å². The topological polar surface area (TPSA) is 111 Å². The second-order valence-electron chi connectivity index (χ2n) is 20.7. The summed E-state index contributed by atoms with van der Waals surface area (Å²) in [4.78, 5) is 0. The molecule has 10 aromatic carbocycles. The molecule has 0 saturated heterocycles. The Labute approximate surface area is 545 Å². The Hall–Kier alpha value is -10.6. The molecule has 0 saturated carbocycles. The van der Waals surface area contributed by atoms with Gasteiger partial charge in [0.05, 0.1) is 71.1 Å². The number of benzene rings is 10. The molecule has 494 valence electrons. The first kappa shape index (κ1) is 72.4. The summed E-state index contributed by atoms with van der Waals surface area (Å²) in [6.07, 6.45) is -11.2. The van der Waals surface area contributed by atoms with Crippen molar-refractivity contribution in [2.24, 2.45) is 0 Å². The predicted molar refractivity (Wildman–Crippen MR) is 354 cm³/mol. The van der Waals surface area contributed by atoms with Crippen LogP contribution in [0.3, 0.4) is 0 Å². The summed E-state index contributed by atoms with van der Waals surface area (Å²) in [5.74, 6) is 9.99. The van der Waals surface area contributed by atoms with Crippen molar-refractivity contribution < 1.29 is 83.2 Å². The molecule has 0 heterocycles. The Bertz CT molecular complexity index is 3560.